The number of halogens is 1. The van der Waals surface area contributed by atoms with Gasteiger partial charge >= 0.3 is 0 Å². The van der Waals surface area contributed by atoms with Crippen molar-refractivity contribution >= 4 is 28.5 Å². The normalized spacial score (nSPS) is 19.2. The minimum absolute atomic E-state index is 0.0432. The molecule has 1 aliphatic heterocycles. The number of piperazine rings is 1. The topological polar surface area (TPSA) is 59.0 Å². The van der Waals surface area contributed by atoms with E-state index in [1.165, 1.54) is 0 Å². The summed E-state index contributed by atoms with van der Waals surface area (Å²) in [6.45, 7) is 5.72. The molecule has 0 aliphatic carbocycles. The molecule has 21 heavy (non-hydrogen) atoms. The van der Waals surface area contributed by atoms with E-state index in [0.717, 1.165) is 23.4 Å². The van der Waals surface area contributed by atoms with E-state index < -0.39 is 0 Å². The van der Waals surface area contributed by atoms with E-state index >= 15 is 0 Å². The highest BCUT2D eigenvalue weighted by molar-refractivity contribution is 6.31. The molecule has 0 radical (unpaired) electrons. The largest absolute Gasteiger partial charge is 0.353 e. The molecule has 3 rings (SSSR count). The number of nitrogens with one attached hydrogen (secondary N) is 2. The molecule has 1 aromatic heterocycles. The van der Waals surface area contributed by atoms with Crippen molar-refractivity contribution in [1.29, 1.82) is 0 Å². The van der Waals surface area contributed by atoms with Gasteiger partial charge in [0.25, 0.3) is 0 Å². The van der Waals surface area contributed by atoms with Crippen LogP contribution in [0.4, 0.5) is 0 Å². The number of fused-ring (bicyclic) bond motifs is 1. The number of rotatable bonds is 3. The monoisotopic (exact) mass is 306 g/mol. The first kappa shape index (κ1) is 14.4. The summed E-state index contributed by atoms with van der Waals surface area (Å²) in [6, 6.07) is 5.79. The minimum atomic E-state index is -0.219. The molecular formula is C15H19ClN4O. The van der Waals surface area contributed by atoms with Crippen molar-refractivity contribution in [2.24, 2.45) is 0 Å². The van der Waals surface area contributed by atoms with Crippen molar-refractivity contribution in [1.82, 2.24) is 20.2 Å². The second-order valence-electron chi connectivity index (χ2n) is 5.63. The van der Waals surface area contributed by atoms with Gasteiger partial charge in [-0.2, -0.15) is 0 Å². The number of carbonyl (C=O) groups excluding carboxylic acids is 1. The van der Waals surface area contributed by atoms with Crippen LogP contribution in [0.25, 0.3) is 11.0 Å². The van der Waals surface area contributed by atoms with Crippen LogP contribution in [-0.4, -0.2) is 34.6 Å². The van der Waals surface area contributed by atoms with Gasteiger partial charge in [0.1, 0.15) is 5.82 Å². The first-order valence-electron chi connectivity index (χ1n) is 7.23. The van der Waals surface area contributed by atoms with Crippen LogP contribution in [0.2, 0.25) is 5.02 Å². The average molecular weight is 307 g/mol. The highest BCUT2D eigenvalue weighted by Crippen LogP contribution is 2.24. The molecule has 1 saturated heterocycles. The van der Waals surface area contributed by atoms with E-state index in [-0.39, 0.29) is 18.0 Å². The molecule has 1 aliphatic rings. The molecule has 6 heteroatoms. The van der Waals surface area contributed by atoms with Crippen LogP contribution in [-0.2, 0) is 11.2 Å². The third-order valence-electron chi connectivity index (χ3n) is 3.76. The van der Waals surface area contributed by atoms with E-state index in [4.69, 9.17) is 11.6 Å². The molecule has 2 N–H and O–H groups in total. The number of nitrogens with zero attached hydrogens (tertiary/aromatic N) is 2. The van der Waals surface area contributed by atoms with Crippen molar-refractivity contribution in [3.05, 3.63) is 29.0 Å². The van der Waals surface area contributed by atoms with Gasteiger partial charge in [0.15, 0.2) is 0 Å². The van der Waals surface area contributed by atoms with Gasteiger partial charge < -0.3 is 15.2 Å². The Balaban J connectivity index is 2.00. The fourth-order valence-corrected chi connectivity index (χ4v) is 3.00. The number of hydrogen-bond acceptors (Lipinski definition) is 3. The van der Waals surface area contributed by atoms with Crippen molar-refractivity contribution in [3.8, 4) is 0 Å². The number of imidazole rings is 1. The van der Waals surface area contributed by atoms with E-state index in [1.54, 1.807) is 0 Å². The van der Waals surface area contributed by atoms with Gasteiger partial charge in [0.05, 0.1) is 17.1 Å². The Bertz CT molecular complexity index is 680. The van der Waals surface area contributed by atoms with Crippen LogP contribution in [0.15, 0.2) is 18.2 Å². The van der Waals surface area contributed by atoms with E-state index in [0.29, 0.717) is 18.0 Å². The van der Waals surface area contributed by atoms with Crippen molar-refractivity contribution in [3.63, 3.8) is 0 Å². The lowest BCUT2D eigenvalue weighted by Gasteiger charge is -2.24. The minimum Gasteiger partial charge on any atom is -0.353 e. The summed E-state index contributed by atoms with van der Waals surface area (Å²) >= 11 is 6.05. The molecule has 2 aromatic rings. The van der Waals surface area contributed by atoms with Crippen LogP contribution < -0.4 is 10.6 Å². The fraction of sp³-hybridized carbons (Fsp3) is 0.467. The highest BCUT2D eigenvalue weighted by Gasteiger charge is 2.25. The number of aromatic nitrogens is 2. The Kier molecular flexibility index (Phi) is 3.87. The Morgan fingerprint density at radius 2 is 2.24 bits per heavy atom. The van der Waals surface area contributed by atoms with Gasteiger partial charge in [0.2, 0.25) is 5.91 Å². The summed E-state index contributed by atoms with van der Waals surface area (Å²) in [4.78, 5) is 16.6. The summed E-state index contributed by atoms with van der Waals surface area (Å²) in [5.41, 5.74) is 1.93. The number of carbonyl (C=O) groups is 1. The van der Waals surface area contributed by atoms with Crippen molar-refractivity contribution in [2.45, 2.75) is 32.4 Å². The molecular weight excluding hydrogens is 288 g/mol. The Morgan fingerprint density at radius 1 is 1.43 bits per heavy atom. The molecule has 0 saturated carbocycles. The zero-order valence-electron chi connectivity index (χ0n) is 12.2. The fourth-order valence-electron chi connectivity index (χ4n) is 2.84. The highest BCUT2D eigenvalue weighted by atomic mass is 35.5. The molecule has 112 valence electrons. The number of amides is 1. The third-order valence-corrected chi connectivity index (χ3v) is 3.99. The molecule has 1 amide bonds. The molecule has 5 nitrogen and oxygen atoms in total. The Morgan fingerprint density at radius 3 is 2.95 bits per heavy atom. The second-order valence-corrected chi connectivity index (χ2v) is 6.06. The quantitative estimate of drug-likeness (QED) is 0.910. The Labute approximate surface area is 128 Å². The maximum atomic E-state index is 11.9. The maximum Gasteiger partial charge on any atom is 0.237 e. The maximum absolute atomic E-state index is 11.9. The molecule has 1 fully saturated rings. The van der Waals surface area contributed by atoms with Gasteiger partial charge in [-0.05, 0) is 32.0 Å². The zero-order valence-corrected chi connectivity index (χ0v) is 12.9. The molecule has 2 heterocycles. The first-order valence-corrected chi connectivity index (χ1v) is 7.61. The van der Waals surface area contributed by atoms with Gasteiger partial charge in [-0.15, -0.1) is 0 Å². The predicted octanol–water partition coefficient (Wildman–Crippen LogP) is 1.90. The lowest BCUT2D eigenvalue weighted by Crippen LogP contribution is -2.54. The van der Waals surface area contributed by atoms with Gasteiger partial charge in [-0.3, -0.25) is 4.79 Å². The summed E-state index contributed by atoms with van der Waals surface area (Å²) in [5, 5.41) is 6.81. The SMILES string of the molecule is CC(C)n1c(CC2NCCNC2=O)nc2cc(Cl)ccc21. The smallest absolute Gasteiger partial charge is 0.237 e. The molecule has 1 unspecified atom stereocenters. The summed E-state index contributed by atoms with van der Waals surface area (Å²) < 4.78 is 2.18. The number of benzene rings is 1. The van der Waals surface area contributed by atoms with E-state index in [2.05, 4.69) is 34.0 Å². The van der Waals surface area contributed by atoms with Crippen LogP contribution >= 0.6 is 11.6 Å². The van der Waals surface area contributed by atoms with Gasteiger partial charge in [-0.1, -0.05) is 11.6 Å². The molecule has 1 atom stereocenters. The lowest BCUT2D eigenvalue weighted by molar-refractivity contribution is -0.124. The first-order chi connectivity index (χ1) is 10.1. The summed E-state index contributed by atoms with van der Waals surface area (Å²) in [5.74, 6) is 0.957. The van der Waals surface area contributed by atoms with Crippen molar-refractivity contribution in [2.75, 3.05) is 13.1 Å². The van der Waals surface area contributed by atoms with Crippen molar-refractivity contribution < 1.29 is 4.79 Å². The molecule has 0 bridgehead atoms. The van der Waals surface area contributed by atoms with Crippen LogP contribution in [0.3, 0.4) is 0 Å². The molecule has 1 aromatic carbocycles. The lowest BCUT2D eigenvalue weighted by atomic mass is 10.1. The van der Waals surface area contributed by atoms with Gasteiger partial charge in [0, 0.05) is 30.6 Å². The third kappa shape index (κ3) is 2.76. The number of hydrogen-bond donors (Lipinski definition) is 2. The zero-order chi connectivity index (χ0) is 15.0. The Hall–Kier alpha value is -1.59. The standard InChI is InChI=1S/C15H19ClN4O/c1-9(2)20-13-4-3-10(16)7-11(13)19-14(20)8-12-15(21)18-6-5-17-12/h3-4,7,9,12,17H,5-6,8H2,1-2H3,(H,18,21). The predicted molar refractivity (Wildman–Crippen MR) is 83.6 cm³/mol. The summed E-state index contributed by atoms with van der Waals surface area (Å²) in [6.07, 6.45) is 0.580. The second kappa shape index (κ2) is 5.66. The van der Waals surface area contributed by atoms with Gasteiger partial charge in [-0.25, -0.2) is 4.98 Å². The van der Waals surface area contributed by atoms with Crippen LogP contribution in [0.5, 0.6) is 0 Å². The average Bonchev–Trinajstić information content (AvgIpc) is 2.78. The molecule has 0 spiro atoms. The van der Waals surface area contributed by atoms with E-state index in [9.17, 15) is 4.79 Å². The van der Waals surface area contributed by atoms with E-state index in [1.807, 2.05) is 18.2 Å². The van der Waals surface area contributed by atoms with Crippen LogP contribution in [0, 0.1) is 0 Å². The van der Waals surface area contributed by atoms with Crippen LogP contribution in [0.1, 0.15) is 25.7 Å². The summed E-state index contributed by atoms with van der Waals surface area (Å²) in [7, 11) is 0.